The van der Waals surface area contributed by atoms with Crippen LogP contribution >= 0.6 is 0 Å². The van der Waals surface area contributed by atoms with Crippen molar-refractivity contribution in [2.75, 3.05) is 20.2 Å². The van der Waals surface area contributed by atoms with E-state index in [-0.39, 0.29) is 5.60 Å². The van der Waals surface area contributed by atoms with Gasteiger partial charge >= 0.3 is 0 Å². The summed E-state index contributed by atoms with van der Waals surface area (Å²) >= 11 is 0. The first kappa shape index (κ1) is 15.2. The molecule has 0 heterocycles. The SMILES string of the molecule is COc1ccccc1OC1(CCNCC(C)C)CCC1. The van der Waals surface area contributed by atoms with E-state index in [0.29, 0.717) is 5.92 Å². The fourth-order valence-corrected chi connectivity index (χ4v) is 2.62. The Balaban J connectivity index is 1.90. The summed E-state index contributed by atoms with van der Waals surface area (Å²) in [5.41, 5.74) is 0.0125. The van der Waals surface area contributed by atoms with E-state index in [1.54, 1.807) is 7.11 Å². The van der Waals surface area contributed by atoms with Crippen molar-refractivity contribution < 1.29 is 9.47 Å². The van der Waals surface area contributed by atoms with Crippen LogP contribution in [0.2, 0.25) is 0 Å². The molecule has 2 rings (SSSR count). The molecule has 0 amide bonds. The van der Waals surface area contributed by atoms with Gasteiger partial charge in [-0.1, -0.05) is 26.0 Å². The smallest absolute Gasteiger partial charge is 0.161 e. The normalized spacial score (nSPS) is 16.8. The second-order valence-corrected chi connectivity index (χ2v) is 6.14. The lowest BCUT2D eigenvalue weighted by molar-refractivity contribution is -0.0161. The molecular formula is C17H27NO2. The molecule has 3 heteroatoms. The highest BCUT2D eigenvalue weighted by molar-refractivity contribution is 5.40. The van der Waals surface area contributed by atoms with Crippen LogP contribution in [-0.2, 0) is 0 Å². The summed E-state index contributed by atoms with van der Waals surface area (Å²) in [6.07, 6.45) is 4.62. The van der Waals surface area contributed by atoms with Gasteiger partial charge in [0.2, 0.25) is 0 Å². The van der Waals surface area contributed by atoms with Crippen LogP contribution < -0.4 is 14.8 Å². The van der Waals surface area contributed by atoms with Crippen molar-refractivity contribution in [1.82, 2.24) is 5.32 Å². The summed E-state index contributed by atoms with van der Waals surface area (Å²) in [6.45, 7) is 6.56. The molecule has 0 aromatic heterocycles. The van der Waals surface area contributed by atoms with Gasteiger partial charge in [0.15, 0.2) is 11.5 Å². The minimum Gasteiger partial charge on any atom is -0.493 e. The summed E-state index contributed by atoms with van der Waals surface area (Å²) in [5.74, 6) is 2.40. The van der Waals surface area contributed by atoms with Crippen molar-refractivity contribution in [1.29, 1.82) is 0 Å². The summed E-state index contributed by atoms with van der Waals surface area (Å²) in [5, 5.41) is 3.51. The second kappa shape index (κ2) is 6.98. The highest BCUT2D eigenvalue weighted by Crippen LogP contribution is 2.41. The average molecular weight is 277 g/mol. The average Bonchev–Trinajstić information content (AvgIpc) is 2.40. The third-order valence-corrected chi connectivity index (χ3v) is 3.97. The van der Waals surface area contributed by atoms with E-state index in [0.717, 1.165) is 43.9 Å². The predicted molar refractivity (Wildman–Crippen MR) is 82.5 cm³/mol. The molecule has 1 saturated carbocycles. The van der Waals surface area contributed by atoms with Gasteiger partial charge in [-0.05, 0) is 56.8 Å². The number of para-hydroxylation sites is 2. The highest BCUT2D eigenvalue weighted by atomic mass is 16.5. The standard InChI is InChI=1S/C17H27NO2/c1-14(2)13-18-12-11-17(9-6-10-17)20-16-8-5-4-7-15(16)19-3/h4-5,7-8,14,18H,6,9-13H2,1-3H3. The van der Waals surface area contributed by atoms with Gasteiger partial charge in [0, 0.05) is 0 Å². The molecular weight excluding hydrogens is 250 g/mol. The van der Waals surface area contributed by atoms with E-state index >= 15 is 0 Å². The van der Waals surface area contributed by atoms with Gasteiger partial charge in [0.25, 0.3) is 0 Å². The molecule has 0 atom stereocenters. The molecule has 1 aromatic carbocycles. The highest BCUT2D eigenvalue weighted by Gasteiger charge is 2.39. The molecule has 1 aromatic rings. The molecule has 1 fully saturated rings. The Kier molecular flexibility index (Phi) is 5.30. The minimum atomic E-state index is 0.0125. The van der Waals surface area contributed by atoms with Crippen molar-refractivity contribution in [3.8, 4) is 11.5 Å². The zero-order chi connectivity index (χ0) is 14.4. The van der Waals surface area contributed by atoms with Crippen molar-refractivity contribution >= 4 is 0 Å². The third kappa shape index (κ3) is 3.89. The fraction of sp³-hybridized carbons (Fsp3) is 0.647. The molecule has 0 radical (unpaired) electrons. The number of hydrogen-bond donors (Lipinski definition) is 1. The Morgan fingerprint density at radius 2 is 1.90 bits per heavy atom. The predicted octanol–water partition coefficient (Wildman–Crippen LogP) is 3.63. The van der Waals surface area contributed by atoms with Gasteiger partial charge in [-0.15, -0.1) is 0 Å². The molecule has 20 heavy (non-hydrogen) atoms. The van der Waals surface area contributed by atoms with Crippen LogP contribution in [0.5, 0.6) is 11.5 Å². The van der Waals surface area contributed by atoms with Crippen LogP contribution in [0, 0.1) is 5.92 Å². The van der Waals surface area contributed by atoms with Gasteiger partial charge in [0.1, 0.15) is 5.60 Å². The number of methoxy groups -OCH3 is 1. The van der Waals surface area contributed by atoms with Crippen molar-refractivity contribution in [2.45, 2.75) is 45.1 Å². The number of rotatable bonds is 8. The zero-order valence-corrected chi connectivity index (χ0v) is 12.9. The van der Waals surface area contributed by atoms with Crippen LogP contribution in [0.1, 0.15) is 39.5 Å². The summed E-state index contributed by atoms with van der Waals surface area (Å²) in [6, 6.07) is 7.93. The molecule has 0 spiro atoms. The van der Waals surface area contributed by atoms with Gasteiger partial charge in [-0.3, -0.25) is 0 Å². The third-order valence-electron chi connectivity index (χ3n) is 3.97. The molecule has 1 aliphatic rings. The maximum atomic E-state index is 6.30. The summed E-state index contributed by atoms with van der Waals surface area (Å²) in [4.78, 5) is 0. The second-order valence-electron chi connectivity index (χ2n) is 6.14. The Morgan fingerprint density at radius 1 is 1.20 bits per heavy atom. The summed E-state index contributed by atoms with van der Waals surface area (Å²) in [7, 11) is 1.69. The van der Waals surface area contributed by atoms with Crippen LogP contribution in [0.3, 0.4) is 0 Å². The van der Waals surface area contributed by atoms with Crippen LogP contribution in [0.25, 0.3) is 0 Å². The molecule has 3 nitrogen and oxygen atoms in total. The largest absolute Gasteiger partial charge is 0.493 e. The van der Waals surface area contributed by atoms with E-state index in [1.165, 1.54) is 6.42 Å². The molecule has 1 aliphatic carbocycles. The molecule has 0 unspecified atom stereocenters. The van der Waals surface area contributed by atoms with Crippen molar-refractivity contribution in [3.05, 3.63) is 24.3 Å². The molecule has 0 bridgehead atoms. The monoisotopic (exact) mass is 277 g/mol. The van der Waals surface area contributed by atoms with Gasteiger partial charge < -0.3 is 14.8 Å². The first-order valence-corrected chi connectivity index (χ1v) is 7.68. The molecule has 0 aliphatic heterocycles. The summed E-state index contributed by atoms with van der Waals surface area (Å²) < 4.78 is 11.7. The van der Waals surface area contributed by atoms with Crippen LogP contribution in [-0.4, -0.2) is 25.8 Å². The topological polar surface area (TPSA) is 30.5 Å². The molecule has 112 valence electrons. The van der Waals surface area contributed by atoms with E-state index < -0.39 is 0 Å². The van der Waals surface area contributed by atoms with Gasteiger partial charge in [-0.25, -0.2) is 0 Å². The maximum absolute atomic E-state index is 6.30. The van der Waals surface area contributed by atoms with Crippen LogP contribution in [0.15, 0.2) is 24.3 Å². The Bertz CT molecular complexity index is 413. The Morgan fingerprint density at radius 3 is 2.45 bits per heavy atom. The number of hydrogen-bond acceptors (Lipinski definition) is 3. The van der Waals surface area contributed by atoms with Crippen LogP contribution in [0.4, 0.5) is 0 Å². The van der Waals surface area contributed by atoms with Crippen molar-refractivity contribution in [3.63, 3.8) is 0 Å². The van der Waals surface area contributed by atoms with Gasteiger partial charge in [-0.2, -0.15) is 0 Å². The van der Waals surface area contributed by atoms with E-state index in [9.17, 15) is 0 Å². The van der Waals surface area contributed by atoms with E-state index in [2.05, 4.69) is 19.2 Å². The molecule has 1 N–H and O–H groups in total. The lowest BCUT2D eigenvalue weighted by Gasteiger charge is -2.42. The number of nitrogens with one attached hydrogen (secondary N) is 1. The quantitative estimate of drug-likeness (QED) is 0.736. The van der Waals surface area contributed by atoms with E-state index in [4.69, 9.17) is 9.47 Å². The number of benzene rings is 1. The Hall–Kier alpha value is -1.22. The lowest BCUT2D eigenvalue weighted by Crippen LogP contribution is -2.45. The lowest BCUT2D eigenvalue weighted by atomic mass is 9.77. The molecule has 0 saturated heterocycles. The fourth-order valence-electron chi connectivity index (χ4n) is 2.62. The van der Waals surface area contributed by atoms with Gasteiger partial charge in [0.05, 0.1) is 7.11 Å². The van der Waals surface area contributed by atoms with Crippen molar-refractivity contribution in [2.24, 2.45) is 5.92 Å². The number of ether oxygens (including phenoxy) is 2. The minimum absolute atomic E-state index is 0.0125. The zero-order valence-electron chi connectivity index (χ0n) is 12.9. The first-order chi connectivity index (χ1) is 9.65. The first-order valence-electron chi connectivity index (χ1n) is 7.68. The van der Waals surface area contributed by atoms with E-state index in [1.807, 2.05) is 24.3 Å². The maximum Gasteiger partial charge on any atom is 0.161 e. The Labute approximate surface area is 122 Å².